The Morgan fingerprint density at radius 1 is 1.26 bits per heavy atom. The minimum atomic E-state index is -0.260. The van der Waals surface area contributed by atoms with E-state index < -0.39 is 0 Å². The van der Waals surface area contributed by atoms with Crippen LogP contribution in [0, 0.1) is 0 Å². The lowest BCUT2D eigenvalue weighted by atomic mass is 10.3. The van der Waals surface area contributed by atoms with Gasteiger partial charge in [-0.3, -0.25) is 9.48 Å². The van der Waals surface area contributed by atoms with Gasteiger partial charge >= 0.3 is 0 Å². The fourth-order valence-electron chi connectivity index (χ4n) is 2.31. The highest BCUT2D eigenvalue weighted by Crippen LogP contribution is 2.28. The summed E-state index contributed by atoms with van der Waals surface area (Å²) in [5.41, 5.74) is 0. The number of halogens is 3. The van der Waals surface area contributed by atoms with Crippen LogP contribution in [0.15, 0.2) is 56.1 Å². The summed E-state index contributed by atoms with van der Waals surface area (Å²) in [7, 11) is 0. The Bertz CT molecular complexity index is 926. The summed E-state index contributed by atoms with van der Waals surface area (Å²) in [4.78, 5) is 12.1. The molecule has 6 nitrogen and oxygen atoms in total. The Hall–Kier alpha value is -1.77. The summed E-state index contributed by atoms with van der Waals surface area (Å²) in [6.07, 6.45) is 4.38. The van der Waals surface area contributed by atoms with Gasteiger partial charge in [-0.2, -0.15) is 5.10 Å². The van der Waals surface area contributed by atoms with Crippen LogP contribution in [0.1, 0.15) is 22.7 Å². The van der Waals surface area contributed by atoms with Crippen molar-refractivity contribution in [1.29, 1.82) is 0 Å². The zero-order valence-corrected chi connectivity index (χ0v) is 18.1. The van der Waals surface area contributed by atoms with E-state index in [1.54, 1.807) is 30.5 Å². The van der Waals surface area contributed by atoms with E-state index in [0.29, 0.717) is 23.1 Å². The maximum atomic E-state index is 12.1. The SMILES string of the molecule is O=C(NCCCn1cc(Br)cn1)c1ccc(COc2ccc(Br)cc2Cl)o1. The second-order valence-corrected chi connectivity index (χ2v) is 7.90. The third-order valence-corrected chi connectivity index (χ3v) is 4.80. The lowest BCUT2D eigenvalue weighted by Crippen LogP contribution is -2.24. The molecule has 1 N–H and O–H groups in total. The molecule has 0 unspecified atom stereocenters. The summed E-state index contributed by atoms with van der Waals surface area (Å²) in [6.45, 7) is 1.43. The highest BCUT2D eigenvalue weighted by Gasteiger charge is 2.12. The monoisotopic (exact) mass is 515 g/mol. The zero-order chi connectivity index (χ0) is 19.2. The molecule has 27 heavy (non-hydrogen) atoms. The van der Waals surface area contributed by atoms with E-state index in [2.05, 4.69) is 42.3 Å². The van der Waals surface area contributed by atoms with Crippen LogP contribution in [0.3, 0.4) is 0 Å². The molecule has 0 atom stereocenters. The first-order chi connectivity index (χ1) is 13.0. The Morgan fingerprint density at radius 2 is 2.11 bits per heavy atom. The summed E-state index contributed by atoms with van der Waals surface area (Å²) in [5.74, 6) is 1.08. The normalized spacial score (nSPS) is 10.8. The molecule has 3 aromatic rings. The molecule has 0 bridgehead atoms. The fraction of sp³-hybridized carbons (Fsp3) is 0.222. The summed E-state index contributed by atoms with van der Waals surface area (Å²) in [6, 6.07) is 8.69. The number of ether oxygens (including phenoxy) is 1. The fourth-order valence-corrected chi connectivity index (χ4v) is 3.37. The highest BCUT2D eigenvalue weighted by atomic mass is 79.9. The maximum Gasteiger partial charge on any atom is 0.286 e. The van der Waals surface area contributed by atoms with Gasteiger partial charge < -0.3 is 14.5 Å². The number of benzene rings is 1. The van der Waals surface area contributed by atoms with E-state index in [-0.39, 0.29) is 18.3 Å². The first kappa shape index (κ1) is 20.0. The van der Waals surface area contributed by atoms with Crippen LogP contribution in [0.4, 0.5) is 0 Å². The number of rotatable bonds is 8. The zero-order valence-electron chi connectivity index (χ0n) is 14.1. The van der Waals surface area contributed by atoms with Crippen LogP contribution in [0.5, 0.6) is 5.75 Å². The number of hydrogen-bond donors (Lipinski definition) is 1. The molecule has 0 fully saturated rings. The van der Waals surface area contributed by atoms with Crippen molar-refractivity contribution in [1.82, 2.24) is 15.1 Å². The molecule has 142 valence electrons. The Balaban J connectivity index is 1.44. The third-order valence-electron chi connectivity index (χ3n) is 3.60. The first-order valence-corrected chi connectivity index (χ1v) is 10.1. The molecule has 0 saturated heterocycles. The van der Waals surface area contributed by atoms with E-state index >= 15 is 0 Å². The molecule has 0 aliphatic carbocycles. The Labute approximate surface area is 178 Å². The molecule has 9 heteroatoms. The number of nitrogens with zero attached hydrogens (tertiary/aromatic N) is 2. The first-order valence-electron chi connectivity index (χ1n) is 8.14. The van der Waals surface area contributed by atoms with E-state index in [0.717, 1.165) is 21.9 Å². The average molecular weight is 518 g/mol. The van der Waals surface area contributed by atoms with Crippen LogP contribution in [0.2, 0.25) is 5.02 Å². The van der Waals surface area contributed by atoms with Crippen molar-refractivity contribution in [3.05, 3.63) is 68.2 Å². The number of amides is 1. The molecule has 3 rings (SSSR count). The predicted molar refractivity (Wildman–Crippen MR) is 109 cm³/mol. The number of aromatic nitrogens is 2. The smallest absolute Gasteiger partial charge is 0.286 e. The van der Waals surface area contributed by atoms with E-state index in [4.69, 9.17) is 20.8 Å². The highest BCUT2D eigenvalue weighted by molar-refractivity contribution is 9.10. The topological polar surface area (TPSA) is 69.3 Å². The third kappa shape index (κ3) is 5.85. The van der Waals surface area contributed by atoms with Gasteiger partial charge in [0, 0.05) is 23.8 Å². The van der Waals surface area contributed by atoms with Crippen molar-refractivity contribution in [2.75, 3.05) is 6.54 Å². The number of carbonyl (C=O) groups is 1. The van der Waals surface area contributed by atoms with Gasteiger partial charge in [0.2, 0.25) is 0 Å². The van der Waals surface area contributed by atoms with Gasteiger partial charge in [-0.25, -0.2) is 0 Å². The lowest BCUT2D eigenvalue weighted by Gasteiger charge is -2.06. The van der Waals surface area contributed by atoms with Crippen LogP contribution in [-0.2, 0) is 13.2 Å². The molecule has 1 aromatic carbocycles. The molecule has 2 heterocycles. The van der Waals surface area contributed by atoms with E-state index in [9.17, 15) is 4.79 Å². The molecule has 1 amide bonds. The molecule has 0 spiro atoms. The van der Waals surface area contributed by atoms with E-state index in [1.807, 2.05) is 16.9 Å². The van der Waals surface area contributed by atoms with Gasteiger partial charge in [0.15, 0.2) is 5.76 Å². The van der Waals surface area contributed by atoms with Crippen molar-refractivity contribution < 1.29 is 13.9 Å². The van der Waals surface area contributed by atoms with Crippen LogP contribution >= 0.6 is 43.5 Å². The van der Waals surface area contributed by atoms with Crippen molar-refractivity contribution in [2.24, 2.45) is 0 Å². The molecule has 0 aliphatic rings. The van der Waals surface area contributed by atoms with Crippen molar-refractivity contribution in [2.45, 2.75) is 19.6 Å². The number of carbonyl (C=O) groups excluding carboxylic acids is 1. The molecular weight excluding hydrogens is 501 g/mol. The molecule has 0 aliphatic heterocycles. The van der Waals surface area contributed by atoms with Gasteiger partial charge in [0.1, 0.15) is 18.1 Å². The number of aryl methyl sites for hydroxylation is 1. The number of furan rings is 1. The quantitative estimate of drug-likeness (QED) is 0.425. The minimum Gasteiger partial charge on any atom is -0.484 e. The van der Waals surface area contributed by atoms with Crippen molar-refractivity contribution >= 4 is 49.4 Å². The summed E-state index contributed by atoms with van der Waals surface area (Å²) < 4.78 is 14.8. The van der Waals surface area contributed by atoms with Crippen molar-refractivity contribution in [3.63, 3.8) is 0 Å². The number of hydrogen-bond acceptors (Lipinski definition) is 4. The lowest BCUT2D eigenvalue weighted by molar-refractivity contribution is 0.0921. The van der Waals surface area contributed by atoms with Crippen LogP contribution in [0.25, 0.3) is 0 Å². The molecule has 2 aromatic heterocycles. The Morgan fingerprint density at radius 3 is 2.85 bits per heavy atom. The summed E-state index contributed by atoms with van der Waals surface area (Å²) in [5, 5.41) is 7.49. The maximum absolute atomic E-state index is 12.1. The van der Waals surface area contributed by atoms with Gasteiger partial charge in [-0.1, -0.05) is 27.5 Å². The standard InChI is InChI=1S/C18H16Br2ClN3O3/c19-12-2-4-16(15(21)8-12)26-11-14-3-5-17(27-14)18(25)22-6-1-7-24-10-13(20)9-23-24/h2-5,8-10H,1,6-7,11H2,(H,22,25). The van der Waals surface area contributed by atoms with Gasteiger partial charge in [0.05, 0.1) is 15.7 Å². The minimum absolute atomic E-state index is 0.183. The average Bonchev–Trinajstić information content (AvgIpc) is 3.27. The van der Waals surface area contributed by atoms with Gasteiger partial charge in [-0.05, 0) is 52.7 Å². The van der Waals surface area contributed by atoms with Crippen molar-refractivity contribution in [3.8, 4) is 5.75 Å². The largest absolute Gasteiger partial charge is 0.484 e. The molecule has 0 saturated carbocycles. The van der Waals surface area contributed by atoms with Crippen LogP contribution < -0.4 is 10.1 Å². The van der Waals surface area contributed by atoms with Gasteiger partial charge in [0.25, 0.3) is 5.91 Å². The predicted octanol–water partition coefficient (Wildman–Crippen LogP) is 5.05. The molecule has 0 radical (unpaired) electrons. The van der Waals surface area contributed by atoms with E-state index in [1.165, 1.54) is 0 Å². The Kier molecular flexibility index (Phi) is 6.98. The summed E-state index contributed by atoms with van der Waals surface area (Å²) >= 11 is 12.8. The number of nitrogens with one attached hydrogen (secondary N) is 1. The second-order valence-electron chi connectivity index (χ2n) is 5.66. The second kappa shape index (κ2) is 9.43. The van der Waals surface area contributed by atoms with Gasteiger partial charge in [-0.15, -0.1) is 0 Å². The van der Waals surface area contributed by atoms with Crippen LogP contribution in [-0.4, -0.2) is 22.2 Å². The molecular formula is C18H16Br2ClN3O3.